The number of benzene rings is 1. The van der Waals surface area contributed by atoms with Gasteiger partial charge in [0, 0.05) is 19.5 Å². The Morgan fingerprint density at radius 1 is 1.26 bits per heavy atom. The van der Waals surface area contributed by atoms with Crippen LogP contribution < -0.4 is 5.32 Å². The van der Waals surface area contributed by atoms with Crippen LogP contribution in [-0.2, 0) is 9.59 Å². The lowest BCUT2D eigenvalue weighted by Crippen LogP contribution is -2.48. The second kappa shape index (κ2) is 6.69. The molecule has 2 fully saturated rings. The van der Waals surface area contributed by atoms with E-state index in [1.165, 1.54) is 12.1 Å². The van der Waals surface area contributed by atoms with Gasteiger partial charge in [-0.25, -0.2) is 4.39 Å². The van der Waals surface area contributed by atoms with Gasteiger partial charge in [-0.05, 0) is 37.0 Å². The Morgan fingerprint density at radius 2 is 2.00 bits per heavy atom. The van der Waals surface area contributed by atoms with Crippen molar-refractivity contribution in [2.24, 2.45) is 5.92 Å². The maximum atomic E-state index is 13.6. The molecular formula is C18H23FN2O2. The summed E-state index contributed by atoms with van der Waals surface area (Å²) < 4.78 is 13.6. The van der Waals surface area contributed by atoms with Gasteiger partial charge in [-0.15, -0.1) is 0 Å². The standard InChI is InChI=1S/C18H23FN2O2/c1-21-16(22)10-9-15(18(23)20-14-7-2-3-8-14)17(21)12-5-4-6-13(19)11-12/h4-6,11,14-15,17H,2-3,7-10H2,1H3,(H,20,23)/t15-,17-/m1/s1. The van der Waals surface area contributed by atoms with Crippen molar-refractivity contribution in [3.05, 3.63) is 35.6 Å². The Bertz CT molecular complexity index is 598. The molecule has 1 heterocycles. The highest BCUT2D eigenvalue weighted by Gasteiger charge is 2.39. The molecule has 2 aliphatic rings. The van der Waals surface area contributed by atoms with E-state index in [0.29, 0.717) is 18.4 Å². The highest BCUT2D eigenvalue weighted by atomic mass is 19.1. The largest absolute Gasteiger partial charge is 0.353 e. The molecule has 23 heavy (non-hydrogen) atoms. The van der Waals surface area contributed by atoms with Crippen molar-refractivity contribution in [2.45, 2.75) is 50.6 Å². The first-order chi connectivity index (χ1) is 11.1. The molecule has 5 heteroatoms. The summed E-state index contributed by atoms with van der Waals surface area (Å²) in [6, 6.07) is 6.08. The number of likely N-dealkylation sites (tertiary alicyclic amines) is 1. The van der Waals surface area contributed by atoms with Gasteiger partial charge < -0.3 is 10.2 Å². The number of hydrogen-bond acceptors (Lipinski definition) is 2. The number of hydrogen-bond donors (Lipinski definition) is 1. The van der Waals surface area contributed by atoms with Crippen molar-refractivity contribution in [1.29, 1.82) is 0 Å². The molecule has 0 radical (unpaired) electrons. The van der Waals surface area contributed by atoms with E-state index in [1.807, 2.05) is 0 Å². The zero-order valence-corrected chi connectivity index (χ0v) is 13.4. The summed E-state index contributed by atoms with van der Waals surface area (Å²) in [6.45, 7) is 0. The molecule has 0 unspecified atom stereocenters. The van der Waals surface area contributed by atoms with Crippen molar-refractivity contribution in [1.82, 2.24) is 10.2 Å². The van der Waals surface area contributed by atoms with Crippen LogP contribution in [0.1, 0.15) is 50.1 Å². The Labute approximate surface area is 136 Å². The lowest BCUT2D eigenvalue weighted by Gasteiger charge is -2.39. The molecule has 1 aromatic carbocycles. The van der Waals surface area contributed by atoms with Crippen molar-refractivity contribution in [3.8, 4) is 0 Å². The van der Waals surface area contributed by atoms with E-state index in [2.05, 4.69) is 5.32 Å². The van der Waals surface area contributed by atoms with Gasteiger partial charge in [-0.2, -0.15) is 0 Å². The first kappa shape index (κ1) is 16.0. The number of carbonyl (C=O) groups is 2. The molecule has 1 aromatic rings. The summed E-state index contributed by atoms with van der Waals surface area (Å²) in [7, 11) is 1.70. The molecule has 1 saturated carbocycles. The minimum Gasteiger partial charge on any atom is -0.353 e. The molecule has 1 aliphatic carbocycles. The smallest absolute Gasteiger partial charge is 0.225 e. The fraction of sp³-hybridized carbons (Fsp3) is 0.556. The molecule has 1 aliphatic heterocycles. The molecular weight excluding hydrogens is 295 g/mol. The zero-order chi connectivity index (χ0) is 16.4. The van der Waals surface area contributed by atoms with Crippen molar-refractivity contribution in [3.63, 3.8) is 0 Å². The van der Waals surface area contributed by atoms with Crippen LogP contribution in [0.3, 0.4) is 0 Å². The first-order valence-electron chi connectivity index (χ1n) is 8.38. The SMILES string of the molecule is CN1C(=O)CC[C@@H](C(=O)NC2CCCC2)[C@H]1c1cccc(F)c1. The lowest BCUT2D eigenvalue weighted by atomic mass is 9.83. The maximum Gasteiger partial charge on any atom is 0.225 e. The molecule has 0 aromatic heterocycles. The van der Waals surface area contributed by atoms with Gasteiger partial charge in [0.2, 0.25) is 11.8 Å². The third-order valence-corrected chi connectivity index (χ3v) is 5.09. The number of nitrogens with zero attached hydrogens (tertiary/aromatic N) is 1. The van der Waals surface area contributed by atoms with Crippen LogP contribution in [0.2, 0.25) is 0 Å². The predicted molar refractivity (Wildman–Crippen MR) is 85.0 cm³/mol. The Balaban J connectivity index is 1.83. The third kappa shape index (κ3) is 3.38. The van der Waals surface area contributed by atoms with Crippen LogP contribution in [0, 0.1) is 11.7 Å². The molecule has 2 amide bonds. The van der Waals surface area contributed by atoms with Crippen LogP contribution in [0.4, 0.5) is 4.39 Å². The van der Waals surface area contributed by atoms with Gasteiger partial charge in [0.15, 0.2) is 0 Å². The fourth-order valence-corrected chi connectivity index (χ4v) is 3.84. The zero-order valence-electron chi connectivity index (χ0n) is 13.4. The quantitative estimate of drug-likeness (QED) is 0.931. The number of carbonyl (C=O) groups excluding carboxylic acids is 2. The van der Waals surface area contributed by atoms with Crippen molar-refractivity contribution >= 4 is 11.8 Å². The van der Waals surface area contributed by atoms with Crippen LogP contribution >= 0.6 is 0 Å². The monoisotopic (exact) mass is 318 g/mol. The summed E-state index contributed by atoms with van der Waals surface area (Å²) in [5.74, 6) is -0.668. The van der Waals surface area contributed by atoms with Gasteiger partial charge in [0.05, 0.1) is 12.0 Å². The Kier molecular flexibility index (Phi) is 4.64. The fourth-order valence-electron chi connectivity index (χ4n) is 3.84. The molecule has 0 bridgehead atoms. The first-order valence-corrected chi connectivity index (χ1v) is 8.38. The Hall–Kier alpha value is -1.91. The third-order valence-electron chi connectivity index (χ3n) is 5.09. The van der Waals surface area contributed by atoms with E-state index in [1.54, 1.807) is 24.1 Å². The lowest BCUT2D eigenvalue weighted by molar-refractivity contribution is -0.141. The molecule has 1 saturated heterocycles. The molecule has 2 atom stereocenters. The topological polar surface area (TPSA) is 49.4 Å². The number of rotatable bonds is 3. The molecule has 3 rings (SSSR count). The normalized spacial score (nSPS) is 25.7. The average molecular weight is 318 g/mol. The second-order valence-electron chi connectivity index (χ2n) is 6.64. The minimum atomic E-state index is -0.395. The van der Waals surface area contributed by atoms with Crippen LogP contribution in [0.15, 0.2) is 24.3 Å². The van der Waals surface area contributed by atoms with Gasteiger partial charge in [-0.3, -0.25) is 9.59 Å². The summed E-state index contributed by atoms with van der Waals surface area (Å²) >= 11 is 0. The van der Waals surface area contributed by atoms with E-state index in [0.717, 1.165) is 25.7 Å². The van der Waals surface area contributed by atoms with Crippen LogP contribution in [0.25, 0.3) is 0 Å². The second-order valence-corrected chi connectivity index (χ2v) is 6.64. The molecule has 124 valence electrons. The number of halogens is 1. The predicted octanol–water partition coefficient (Wildman–Crippen LogP) is 2.79. The van der Waals surface area contributed by atoms with Crippen molar-refractivity contribution < 1.29 is 14.0 Å². The molecule has 4 nitrogen and oxygen atoms in total. The summed E-state index contributed by atoms with van der Waals surface area (Å²) in [5.41, 5.74) is 0.687. The molecule has 0 spiro atoms. The van der Waals surface area contributed by atoms with Crippen molar-refractivity contribution in [2.75, 3.05) is 7.05 Å². The highest BCUT2D eigenvalue weighted by molar-refractivity contribution is 5.85. The van der Waals surface area contributed by atoms with Gasteiger partial charge in [0.1, 0.15) is 5.82 Å². The van der Waals surface area contributed by atoms with Crippen LogP contribution in [0.5, 0.6) is 0 Å². The van der Waals surface area contributed by atoms with E-state index in [-0.39, 0.29) is 29.6 Å². The summed E-state index contributed by atoms with van der Waals surface area (Å²) in [4.78, 5) is 26.4. The summed E-state index contributed by atoms with van der Waals surface area (Å²) in [5, 5.41) is 3.13. The number of piperidine rings is 1. The molecule has 1 N–H and O–H groups in total. The minimum absolute atomic E-state index is 0.00387. The van der Waals surface area contributed by atoms with Gasteiger partial charge in [-0.1, -0.05) is 25.0 Å². The Morgan fingerprint density at radius 3 is 2.70 bits per heavy atom. The number of amides is 2. The number of nitrogens with one attached hydrogen (secondary N) is 1. The van der Waals surface area contributed by atoms with Gasteiger partial charge in [0.25, 0.3) is 0 Å². The van der Waals surface area contributed by atoms with Gasteiger partial charge >= 0.3 is 0 Å². The van der Waals surface area contributed by atoms with E-state index >= 15 is 0 Å². The average Bonchev–Trinajstić information content (AvgIpc) is 3.02. The summed E-state index contributed by atoms with van der Waals surface area (Å²) in [6.07, 6.45) is 5.24. The van der Waals surface area contributed by atoms with E-state index in [4.69, 9.17) is 0 Å². The highest BCUT2D eigenvalue weighted by Crippen LogP contribution is 2.36. The van der Waals surface area contributed by atoms with Crippen LogP contribution in [-0.4, -0.2) is 29.8 Å². The van der Waals surface area contributed by atoms with E-state index < -0.39 is 6.04 Å². The van der Waals surface area contributed by atoms with E-state index in [9.17, 15) is 14.0 Å². The maximum absolute atomic E-state index is 13.6.